The molecule has 0 spiro atoms. The molecule has 4 nitrogen and oxygen atoms in total. The topological polar surface area (TPSA) is 26.2 Å². The number of unbranched alkanes of at least 4 members (excludes halogenated alkanes) is 3. The smallest absolute Gasteiger partial charge is 0.224 e. The molecule has 0 saturated carbocycles. The average Bonchev–Trinajstić information content (AvgIpc) is 3.12. The van der Waals surface area contributed by atoms with Crippen molar-refractivity contribution in [2.24, 2.45) is 14.1 Å². The summed E-state index contributed by atoms with van der Waals surface area (Å²) in [6.07, 6.45) is 6.84. The van der Waals surface area contributed by atoms with Gasteiger partial charge in [0.2, 0.25) is 11.0 Å². The molecule has 0 N–H and O–H groups in total. The summed E-state index contributed by atoms with van der Waals surface area (Å²) in [5, 5.41) is 0. The standard InChI is InChI=1S/C20H34N2O2S2.2HI/c1-17-19(25-15-21(17)3)9-13-23-11-7-5-6-8-12-24-14-10-20-18(2)22(4)16-26-20;;/h15-16H,5-14H2,1-4H3;2*1H/q+2;;/p-2. The van der Waals surface area contributed by atoms with Crippen molar-refractivity contribution >= 4 is 22.7 Å². The third kappa shape index (κ3) is 10.1. The zero-order valence-corrected chi connectivity index (χ0v) is 23.5. The van der Waals surface area contributed by atoms with E-state index < -0.39 is 0 Å². The minimum absolute atomic E-state index is 0. The van der Waals surface area contributed by atoms with Gasteiger partial charge in [0.15, 0.2) is 11.4 Å². The van der Waals surface area contributed by atoms with Gasteiger partial charge in [-0.1, -0.05) is 35.5 Å². The van der Waals surface area contributed by atoms with E-state index in [0.29, 0.717) is 0 Å². The molecule has 0 saturated heterocycles. The molecule has 0 bridgehead atoms. The summed E-state index contributed by atoms with van der Waals surface area (Å²) in [5.74, 6) is 0. The lowest BCUT2D eigenvalue weighted by Gasteiger charge is -2.05. The van der Waals surface area contributed by atoms with Crippen LogP contribution in [-0.2, 0) is 36.4 Å². The maximum Gasteiger partial charge on any atom is 0.224 e. The molecule has 2 rings (SSSR count). The molecule has 2 heterocycles. The second kappa shape index (κ2) is 16.3. The van der Waals surface area contributed by atoms with Crippen molar-refractivity contribution in [3.05, 3.63) is 32.2 Å². The van der Waals surface area contributed by atoms with Gasteiger partial charge in [-0.3, -0.25) is 0 Å². The Bertz CT molecular complexity index is 606. The first-order valence-electron chi connectivity index (χ1n) is 9.60. The first-order chi connectivity index (χ1) is 12.6. The zero-order valence-electron chi connectivity index (χ0n) is 17.5. The van der Waals surface area contributed by atoms with Gasteiger partial charge < -0.3 is 57.4 Å². The first kappa shape index (κ1) is 28.6. The molecule has 0 aliphatic heterocycles. The van der Waals surface area contributed by atoms with E-state index >= 15 is 0 Å². The molecule has 2 aromatic heterocycles. The highest BCUT2D eigenvalue weighted by Gasteiger charge is 2.11. The SMILES string of the molecule is Cc1c(CCOCCCCCCOCCc2sc[n+](C)c2C)sc[n+]1C.[I-].[I-]. The Morgan fingerprint density at radius 2 is 1.07 bits per heavy atom. The van der Waals surface area contributed by atoms with Crippen LogP contribution in [0.15, 0.2) is 11.0 Å². The van der Waals surface area contributed by atoms with E-state index in [-0.39, 0.29) is 48.0 Å². The summed E-state index contributed by atoms with van der Waals surface area (Å²) >= 11 is 3.65. The largest absolute Gasteiger partial charge is 1.00 e. The number of hydrogen-bond donors (Lipinski definition) is 0. The number of aromatic nitrogens is 2. The molecular weight excluding hydrogens is 618 g/mol. The molecule has 8 heteroatoms. The molecule has 0 aromatic carbocycles. The second-order valence-electron chi connectivity index (χ2n) is 6.82. The molecule has 0 aliphatic carbocycles. The van der Waals surface area contributed by atoms with Gasteiger partial charge in [-0.05, 0) is 12.8 Å². The quantitative estimate of drug-likeness (QED) is 0.136. The highest BCUT2D eigenvalue weighted by molar-refractivity contribution is 7.09. The minimum atomic E-state index is 0. The molecule has 0 radical (unpaired) electrons. The van der Waals surface area contributed by atoms with E-state index in [4.69, 9.17) is 9.47 Å². The van der Waals surface area contributed by atoms with Crippen molar-refractivity contribution in [1.29, 1.82) is 0 Å². The fourth-order valence-corrected chi connectivity index (χ4v) is 4.70. The van der Waals surface area contributed by atoms with Crippen molar-refractivity contribution in [3.8, 4) is 0 Å². The highest BCUT2D eigenvalue weighted by atomic mass is 127. The van der Waals surface area contributed by atoms with Gasteiger partial charge in [0, 0.05) is 39.9 Å². The predicted octanol–water partition coefficient (Wildman–Crippen LogP) is -2.54. The fraction of sp³-hybridized carbons (Fsp3) is 0.700. The highest BCUT2D eigenvalue weighted by Crippen LogP contribution is 2.12. The number of thiazole rings is 2. The summed E-state index contributed by atoms with van der Waals surface area (Å²) < 4.78 is 15.9. The maximum absolute atomic E-state index is 5.77. The molecule has 162 valence electrons. The molecule has 28 heavy (non-hydrogen) atoms. The van der Waals surface area contributed by atoms with Crippen LogP contribution in [0.4, 0.5) is 0 Å². The van der Waals surface area contributed by atoms with Crippen LogP contribution in [0, 0.1) is 13.8 Å². The maximum atomic E-state index is 5.77. The van der Waals surface area contributed by atoms with Crippen LogP contribution in [0.5, 0.6) is 0 Å². The van der Waals surface area contributed by atoms with Crippen LogP contribution in [0.3, 0.4) is 0 Å². The van der Waals surface area contributed by atoms with Crippen LogP contribution >= 0.6 is 22.7 Å². The third-order valence-electron chi connectivity index (χ3n) is 4.85. The lowest BCUT2D eigenvalue weighted by atomic mass is 10.2. The molecule has 0 unspecified atom stereocenters. The van der Waals surface area contributed by atoms with Gasteiger partial charge in [0.25, 0.3) is 0 Å². The Labute approximate surface area is 212 Å². The van der Waals surface area contributed by atoms with Gasteiger partial charge in [-0.15, -0.1) is 0 Å². The minimum Gasteiger partial charge on any atom is -1.00 e. The average molecular weight is 652 g/mol. The van der Waals surface area contributed by atoms with E-state index in [2.05, 4.69) is 48.1 Å². The van der Waals surface area contributed by atoms with Crippen molar-refractivity contribution in [1.82, 2.24) is 0 Å². The van der Waals surface area contributed by atoms with E-state index in [0.717, 1.165) is 52.1 Å². The lowest BCUT2D eigenvalue weighted by Crippen LogP contribution is -3.00. The third-order valence-corrected chi connectivity index (χ3v) is 7.26. The van der Waals surface area contributed by atoms with Crippen LogP contribution < -0.4 is 57.1 Å². The van der Waals surface area contributed by atoms with Gasteiger partial charge in [-0.25, -0.2) is 0 Å². The number of aryl methyl sites for hydroxylation is 2. The van der Waals surface area contributed by atoms with Gasteiger partial charge in [0.1, 0.15) is 14.1 Å². The summed E-state index contributed by atoms with van der Waals surface area (Å²) in [5.41, 5.74) is 7.05. The number of rotatable bonds is 13. The number of ether oxygens (including phenoxy) is 2. The number of hydrogen-bond acceptors (Lipinski definition) is 4. The Morgan fingerprint density at radius 3 is 1.39 bits per heavy atom. The van der Waals surface area contributed by atoms with Crippen LogP contribution in [0.2, 0.25) is 0 Å². The first-order valence-corrected chi connectivity index (χ1v) is 11.4. The lowest BCUT2D eigenvalue weighted by molar-refractivity contribution is -0.673. The Balaban J connectivity index is 0.00000364. The van der Waals surface area contributed by atoms with E-state index in [9.17, 15) is 0 Å². The van der Waals surface area contributed by atoms with Gasteiger partial charge >= 0.3 is 0 Å². The molecule has 0 fully saturated rings. The summed E-state index contributed by atoms with van der Waals surface area (Å²) in [7, 11) is 4.20. The van der Waals surface area contributed by atoms with Crippen molar-refractivity contribution in [3.63, 3.8) is 0 Å². The Morgan fingerprint density at radius 1 is 0.679 bits per heavy atom. The molecule has 2 aromatic rings. The number of halogens is 2. The van der Waals surface area contributed by atoms with Crippen molar-refractivity contribution in [2.45, 2.75) is 52.4 Å². The normalized spacial score (nSPS) is 10.6. The predicted molar refractivity (Wildman–Crippen MR) is 108 cm³/mol. The van der Waals surface area contributed by atoms with Crippen molar-refractivity contribution < 1.29 is 66.6 Å². The number of nitrogens with zero attached hydrogens (tertiary/aromatic N) is 2. The van der Waals surface area contributed by atoms with Crippen LogP contribution in [0.25, 0.3) is 0 Å². The van der Waals surface area contributed by atoms with E-state index in [1.807, 2.05) is 22.7 Å². The van der Waals surface area contributed by atoms with Gasteiger partial charge in [-0.2, -0.15) is 9.13 Å². The van der Waals surface area contributed by atoms with Crippen molar-refractivity contribution in [2.75, 3.05) is 26.4 Å². The molecular formula is C20H34I2N2O2S2. The fourth-order valence-electron chi connectivity index (χ4n) is 2.78. The molecule has 0 aliphatic rings. The van der Waals surface area contributed by atoms with E-state index in [1.165, 1.54) is 34.0 Å². The second-order valence-corrected chi connectivity index (χ2v) is 8.70. The zero-order chi connectivity index (χ0) is 18.8. The summed E-state index contributed by atoms with van der Waals surface area (Å²) in [6.45, 7) is 7.79. The van der Waals surface area contributed by atoms with Gasteiger partial charge in [0.05, 0.1) is 23.0 Å². The van der Waals surface area contributed by atoms with Crippen LogP contribution in [0.1, 0.15) is 46.8 Å². The summed E-state index contributed by atoms with van der Waals surface area (Å²) in [4.78, 5) is 2.88. The monoisotopic (exact) mass is 652 g/mol. The van der Waals surface area contributed by atoms with E-state index in [1.54, 1.807) is 0 Å². The molecule has 0 amide bonds. The van der Waals surface area contributed by atoms with Crippen LogP contribution in [-0.4, -0.2) is 26.4 Å². The Kier molecular flexibility index (Phi) is 16.7. The summed E-state index contributed by atoms with van der Waals surface area (Å²) in [6, 6.07) is 0. The molecule has 0 atom stereocenters. The Hall–Kier alpha value is 0.640.